The van der Waals surface area contributed by atoms with Crippen molar-refractivity contribution < 1.29 is 14.3 Å². The van der Waals surface area contributed by atoms with Gasteiger partial charge in [0.25, 0.3) is 0 Å². The van der Waals surface area contributed by atoms with Crippen LogP contribution in [-0.4, -0.2) is 47.2 Å². The Balaban J connectivity index is 1.49. The van der Waals surface area contributed by atoms with Gasteiger partial charge in [0.2, 0.25) is 5.91 Å². The van der Waals surface area contributed by atoms with Crippen LogP contribution in [0.15, 0.2) is 24.4 Å². The van der Waals surface area contributed by atoms with Crippen LogP contribution in [0.1, 0.15) is 32.4 Å². The first-order valence-corrected chi connectivity index (χ1v) is 8.02. The van der Waals surface area contributed by atoms with Crippen molar-refractivity contribution in [1.29, 1.82) is 0 Å². The maximum atomic E-state index is 12.0. The Kier molecular flexibility index (Phi) is 4.45. The molecule has 1 unspecified atom stereocenters. The molecule has 0 aromatic carbocycles. The van der Waals surface area contributed by atoms with Gasteiger partial charge in [-0.25, -0.2) is 0 Å². The summed E-state index contributed by atoms with van der Waals surface area (Å²) in [7, 11) is 0. The lowest BCUT2D eigenvalue weighted by molar-refractivity contribution is -0.204. The Labute approximate surface area is 131 Å². The van der Waals surface area contributed by atoms with Gasteiger partial charge in [-0.1, -0.05) is 19.9 Å². The van der Waals surface area contributed by atoms with Crippen LogP contribution in [0.25, 0.3) is 0 Å². The van der Waals surface area contributed by atoms with Crippen LogP contribution >= 0.6 is 0 Å². The molecule has 2 saturated heterocycles. The Morgan fingerprint density at radius 3 is 3.00 bits per heavy atom. The molecule has 0 N–H and O–H groups in total. The molecule has 1 spiro atoms. The molecule has 5 nitrogen and oxygen atoms in total. The van der Waals surface area contributed by atoms with Gasteiger partial charge in [-0.3, -0.25) is 9.78 Å². The van der Waals surface area contributed by atoms with Crippen molar-refractivity contribution in [3.8, 4) is 0 Å². The Morgan fingerprint density at radius 2 is 2.32 bits per heavy atom. The quantitative estimate of drug-likeness (QED) is 0.854. The maximum absolute atomic E-state index is 12.0. The molecule has 1 aromatic heterocycles. The van der Waals surface area contributed by atoms with Crippen molar-refractivity contribution in [3.63, 3.8) is 0 Å². The van der Waals surface area contributed by atoms with Gasteiger partial charge < -0.3 is 14.4 Å². The van der Waals surface area contributed by atoms with Gasteiger partial charge in [0, 0.05) is 25.1 Å². The number of hydrogen-bond acceptors (Lipinski definition) is 4. The largest absolute Gasteiger partial charge is 0.372 e. The van der Waals surface area contributed by atoms with E-state index in [4.69, 9.17) is 9.47 Å². The Bertz CT molecular complexity index is 512. The second kappa shape index (κ2) is 6.34. The number of nitrogens with zero attached hydrogens (tertiary/aromatic N) is 2. The molecule has 22 heavy (non-hydrogen) atoms. The normalized spacial score (nSPS) is 23.6. The summed E-state index contributed by atoms with van der Waals surface area (Å²) in [6, 6.07) is 5.85. The van der Waals surface area contributed by atoms with Gasteiger partial charge in [-0.2, -0.15) is 0 Å². The smallest absolute Gasteiger partial charge is 0.225 e. The molecule has 1 aromatic rings. The maximum Gasteiger partial charge on any atom is 0.225 e. The van der Waals surface area contributed by atoms with Crippen LogP contribution in [0, 0.1) is 5.92 Å². The highest BCUT2D eigenvalue weighted by Gasteiger charge is 2.49. The molecule has 1 atom stereocenters. The third kappa shape index (κ3) is 3.31. The average Bonchev–Trinajstić information content (AvgIpc) is 2.51. The minimum absolute atomic E-state index is 0.0529. The van der Waals surface area contributed by atoms with Crippen LogP contribution in [0.3, 0.4) is 0 Å². The van der Waals surface area contributed by atoms with Gasteiger partial charge >= 0.3 is 0 Å². The van der Waals surface area contributed by atoms with Crippen molar-refractivity contribution in [2.24, 2.45) is 5.92 Å². The first-order valence-electron chi connectivity index (χ1n) is 8.02. The zero-order valence-corrected chi connectivity index (χ0v) is 13.3. The highest BCUT2D eigenvalue weighted by atomic mass is 16.5. The lowest BCUT2D eigenvalue weighted by Crippen LogP contribution is -2.67. The number of rotatable bonds is 4. The first-order chi connectivity index (χ1) is 10.6. The molecule has 0 saturated carbocycles. The molecule has 2 aliphatic rings. The standard InChI is InChI=1S/C17H24N2O3/c1-13(2)16(20)19-11-17(12-19)9-15(6-8-22-17)21-10-14-5-3-4-7-18-14/h3-5,7,13,15H,6,8-12H2,1-2H3. The number of hydrogen-bond donors (Lipinski definition) is 0. The van der Waals surface area contributed by atoms with E-state index < -0.39 is 0 Å². The molecule has 1 amide bonds. The molecular formula is C17H24N2O3. The monoisotopic (exact) mass is 304 g/mol. The number of carbonyl (C=O) groups is 1. The second-order valence-corrected chi connectivity index (χ2v) is 6.63. The average molecular weight is 304 g/mol. The van der Waals surface area contributed by atoms with Crippen LogP contribution in [0.5, 0.6) is 0 Å². The number of carbonyl (C=O) groups excluding carboxylic acids is 1. The third-order valence-corrected chi connectivity index (χ3v) is 4.40. The van der Waals surface area contributed by atoms with Gasteiger partial charge in [0.1, 0.15) is 5.60 Å². The summed E-state index contributed by atoms with van der Waals surface area (Å²) in [6.07, 6.45) is 3.74. The van der Waals surface area contributed by atoms with Crippen molar-refractivity contribution in [1.82, 2.24) is 9.88 Å². The van der Waals surface area contributed by atoms with Gasteiger partial charge in [0.05, 0.1) is 31.5 Å². The molecule has 3 rings (SSSR count). The fourth-order valence-electron chi connectivity index (χ4n) is 3.20. The van der Waals surface area contributed by atoms with E-state index in [9.17, 15) is 4.79 Å². The molecule has 3 heterocycles. The van der Waals surface area contributed by atoms with Crippen molar-refractivity contribution in [2.75, 3.05) is 19.7 Å². The fourth-order valence-corrected chi connectivity index (χ4v) is 3.20. The van der Waals surface area contributed by atoms with E-state index in [1.807, 2.05) is 36.9 Å². The second-order valence-electron chi connectivity index (χ2n) is 6.63. The molecule has 0 aliphatic carbocycles. The van der Waals surface area contributed by atoms with Gasteiger partial charge in [-0.15, -0.1) is 0 Å². The highest BCUT2D eigenvalue weighted by molar-refractivity contribution is 5.79. The summed E-state index contributed by atoms with van der Waals surface area (Å²) >= 11 is 0. The number of ether oxygens (including phenoxy) is 2. The minimum Gasteiger partial charge on any atom is -0.372 e. The topological polar surface area (TPSA) is 51.7 Å². The summed E-state index contributed by atoms with van der Waals surface area (Å²) < 4.78 is 12.0. The number of aromatic nitrogens is 1. The molecule has 0 radical (unpaired) electrons. The van der Waals surface area contributed by atoms with E-state index in [-0.39, 0.29) is 23.5 Å². The van der Waals surface area contributed by atoms with E-state index in [0.29, 0.717) is 26.3 Å². The van der Waals surface area contributed by atoms with E-state index in [0.717, 1.165) is 18.5 Å². The first kappa shape index (κ1) is 15.4. The fraction of sp³-hybridized carbons (Fsp3) is 0.647. The molecule has 120 valence electrons. The molecular weight excluding hydrogens is 280 g/mol. The lowest BCUT2D eigenvalue weighted by atomic mass is 9.84. The summed E-state index contributed by atoms with van der Waals surface area (Å²) in [5.41, 5.74) is 0.769. The van der Waals surface area contributed by atoms with Crippen LogP contribution in [0.4, 0.5) is 0 Å². The molecule has 2 fully saturated rings. The number of amides is 1. The van der Waals surface area contributed by atoms with Crippen molar-refractivity contribution >= 4 is 5.91 Å². The Morgan fingerprint density at radius 1 is 1.50 bits per heavy atom. The van der Waals surface area contributed by atoms with E-state index >= 15 is 0 Å². The number of pyridine rings is 1. The molecule has 0 bridgehead atoms. The SMILES string of the molecule is CC(C)C(=O)N1CC2(CC(OCc3ccccn3)CCO2)C1. The zero-order chi connectivity index (χ0) is 15.6. The molecule has 2 aliphatic heterocycles. The Hall–Kier alpha value is -1.46. The summed E-state index contributed by atoms with van der Waals surface area (Å²) in [6.45, 7) is 6.52. The van der Waals surface area contributed by atoms with Crippen molar-refractivity contribution in [2.45, 2.75) is 45.0 Å². The van der Waals surface area contributed by atoms with E-state index in [1.54, 1.807) is 6.20 Å². The zero-order valence-electron chi connectivity index (χ0n) is 13.3. The van der Waals surface area contributed by atoms with Gasteiger partial charge in [-0.05, 0) is 18.6 Å². The highest BCUT2D eigenvalue weighted by Crippen LogP contribution is 2.36. The predicted octanol–water partition coefficient (Wildman–Crippen LogP) is 2.01. The van der Waals surface area contributed by atoms with Gasteiger partial charge in [0.15, 0.2) is 0 Å². The van der Waals surface area contributed by atoms with Crippen LogP contribution < -0.4 is 0 Å². The van der Waals surface area contributed by atoms with Crippen LogP contribution in [-0.2, 0) is 20.9 Å². The lowest BCUT2D eigenvalue weighted by Gasteiger charge is -2.53. The summed E-state index contributed by atoms with van der Waals surface area (Å²) in [5, 5.41) is 0. The van der Waals surface area contributed by atoms with E-state index in [2.05, 4.69) is 4.98 Å². The third-order valence-electron chi connectivity index (χ3n) is 4.40. The summed E-state index contributed by atoms with van der Waals surface area (Å²) in [5.74, 6) is 0.267. The number of likely N-dealkylation sites (tertiary alicyclic amines) is 1. The minimum atomic E-state index is -0.183. The summed E-state index contributed by atoms with van der Waals surface area (Å²) in [4.78, 5) is 18.1. The predicted molar refractivity (Wildman–Crippen MR) is 82.1 cm³/mol. The molecule has 5 heteroatoms. The van der Waals surface area contributed by atoms with E-state index in [1.165, 1.54) is 0 Å². The van der Waals surface area contributed by atoms with Crippen molar-refractivity contribution in [3.05, 3.63) is 30.1 Å². The van der Waals surface area contributed by atoms with Crippen LogP contribution in [0.2, 0.25) is 0 Å².